The molecule has 3 rings (SSSR count). The second-order valence-corrected chi connectivity index (χ2v) is 8.60. The Kier molecular flexibility index (Phi) is 8.37. The molecule has 0 aliphatic carbocycles. The Morgan fingerprint density at radius 2 is 1.74 bits per heavy atom. The highest BCUT2D eigenvalue weighted by atomic mass is 35.5. The first-order valence-corrected chi connectivity index (χ1v) is 10.5. The van der Waals surface area contributed by atoms with Gasteiger partial charge in [-0.1, -0.05) is 53.5 Å². The van der Waals surface area contributed by atoms with Crippen molar-refractivity contribution in [2.75, 3.05) is 32.8 Å². The Hall–Kier alpha value is -0.860. The van der Waals surface area contributed by atoms with E-state index in [0.29, 0.717) is 24.8 Å². The van der Waals surface area contributed by atoms with E-state index in [1.807, 2.05) is 30.3 Å². The average Bonchev–Trinajstić information content (AvgIpc) is 2.64. The smallest absolute Gasteiger partial charge is 0.242 e. The van der Waals surface area contributed by atoms with Gasteiger partial charge in [0.05, 0.1) is 24.3 Å². The highest BCUT2D eigenvalue weighted by Gasteiger charge is 2.26. The maximum absolute atomic E-state index is 12.9. The Labute approximate surface area is 176 Å². The van der Waals surface area contributed by atoms with Crippen molar-refractivity contribution in [3.63, 3.8) is 0 Å². The molecule has 9 heteroatoms. The van der Waals surface area contributed by atoms with Crippen molar-refractivity contribution in [1.29, 1.82) is 0 Å². The van der Waals surface area contributed by atoms with Crippen molar-refractivity contribution >= 4 is 45.6 Å². The molecule has 0 spiro atoms. The summed E-state index contributed by atoms with van der Waals surface area (Å²) in [7, 11) is -3.84. The van der Waals surface area contributed by atoms with E-state index in [0.717, 1.165) is 18.7 Å². The minimum atomic E-state index is -3.84. The largest absolute Gasteiger partial charge is 0.379 e. The van der Waals surface area contributed by atoms with Crippen LogP contribution in [-0.2, 0) is 14.8 Å². The quantitative estimate of drug-likeness (QED) is 0.726. The van der Waals surface area contributed by atoms with Gasteiger partial charge in [0, 0.05) is 24.7 Å². The normalized spacial score (nSPS) is 16.5. The van der Waals surface area contributed by atoms with E-state index in [4.69, 9.17) is 27.9 Å². The van der Waals surface area contributed by atoms with Crippen molar-refractivity contribution in [1.82, 2.24) is 9.62 Å². The third-order valence-corrected chi connectivity index (χ3v) is 6.41. The fraction of sp³-hybridized carbons (Fsp3) is 0.333. The van der Waals surface area contributed by atoms with Gasteiger partial charge in [-0.25, -0.2) is 13.1 Å². The van der Waals surface area contributed by atoms with E-state index in [9.17, 15) is 8.42 Å². The van der Waals surface area contributed by atoms with Gasteiger partial charge in [0.2, 0.25) is 10.0 Å². The number of nitrogens with zero attached hydrogens (tertiary/aromatic N) is 1. The molecular weight excluding hydrogens is 431 g/mol. The molecule has 1 heterocycles. The molecule has 2 aromatic carbocycles. The standard InChI is InChI=1S/C18H20Cl2N2O3S.ClH/c19-15-6-7-16(20)18(12-15)26(23,24)21-17(14-4-2-1-3-5-14)13-22-8-10-25-11-9-22;/h1-7,12,17,21H,8-11,13H2;1H. The summed E-state index contributed by atoms with van der Waals surface area (Å²) in [6.07, 6.45) is 0. The molecule has 27 heavy (non-hydrogen) atoms. The van der Waals surface area contributed by atoms with E-state index in [-0.39, 0.29) is 22.3 Å². The van der Waals surface area contributed by atoms with Gasteiger partial charge in [-0.05, 0) is 23.8 Å². The zero-order valence-corrected chi connectivity index (χ0v) is 17.6. The molecule has 1 N–H and O–H groups in total. The zero-order valence-electron chi connectivity index (χ0n) is 14.5. The van der Waals surface area contributed by atoms with E-state index in [1.165, 1.54) is 12.1 Å². The van der Waals surface area contributed by atoms with Crippen LogP contribution in [0.3, 0.4) is 0 Å². The Morgan fingerprint density at radius 3 is 2.41 bits per heavy atom. The van der Waals surface area contributed by atoms with E-state index in [1.54, 1.807) is 6.07 Å². The number of sulfonamides is 1. The summed E-state index contributed by atoms with van der Waals surface area (Å²) >= 11 is 12.1. The Bertz CT molecular complexity index is 844. The number of morpholine rings is 1. The number of ether oxygens (including phenoxy) is 1. The van der Waals surface area contributed by atoms with Crippen LogP contribution in [0.4, 0.5) is 0 Å². The van der Waals surface area contributed by atoms with Crippen LogP contribution in [0.15, 0.2) is 53.4 Å². The minimum absolute atomic E-state index is 0. The molecule has 1 aliphatic heterocycles. The predicted molar refractivity (Wildman–Crippen MR) is 110 cm³/mol. The van der Waals surface area contributed by atoms with Gasteiger partial charge in [-0.15, -0.1) is 12.4 Å². The molecule has 1 saturated heterocycles. The number of halogens is 3. The van der Waals surface area contributed by atoms with Crippen LogP contribution in [-0.4, -0.2) is 46.2 Å². The summed E-state index contributed by atoms with van der Waals surface area (Å²) < 4.78 is 34.0. The first-order chi connectivity index (χ1) is 12.5. The second kappa shape index (κ2) is 10.1. The van der Waals surface area contributed by atoms with Crippen LogP contribution in [0, 0.1) is 0 Å². The van der Waals surface area contributed by atoms with Gasteiger partial charge in [-0.3, -0.25) is 4.90 Å². The summed E-state index contributed by atoms with van der Waals surface area (Å²) in [4.78, 5) is 2.16. The lowest BCUT2D eigenvalue weighted by Gasteiger charge is -2.31. The van der Waals surface area contributed by atoms with E-state index >= 15 is 0 Å². The summed E-state index contributed by atoms with van der Waals surface area (Å²) in [5, 5.41) is 0.458. The summed E-state index contributed by atoms with van der Waals surface area (Å²) in [5.41, 5.74) is 0.890. The van der Waals surface area contributed by atoms with Crippen LogP contribution < -0.4 is 4.72 Å². The zero-order chi connectivity index (χ0) is 18.6. The summed E-state index contributed by atoms with van der Waals surface area (Å²) in [6.45, 7) is 3.37. The predicted octanol–water partition coefficient (Wildman–Crippen LogP) is 3.77. The fourth-order valence-electron chi connectivity index (χ4n) is 2.87. The van der Waals surface area contributed by atoms with E-state index < -0.39 is 16.1 Å². The molecule has 1 aliphatic rings. The van der Waals surface area contributed by atoms with Gasteiger partial charge in [-0.2, -0.15) is 0 Å². The third kappa shape index (κ3) is 6.06. The number of nitrogens with one attached hydrogen (secondary N) is 1. The highest BCUT2D eigenvalue weighted by molar-refractivity contribution is 7.89. The fourth-order valence-corrected chi connectivity index (χ4v) is 4.85. The summed E-state index contributed by atoms with van der Waals surface area (Å²) in [5.74, 6) is 0. The van der Waals surface area contributed by atoms with Gasteiger partial charge in [0.1, 0.15) is 4.90 Å². The number of hydrogen-bond acceptors (Lipinski definition) is 4. The molecule has 0 aromatic heterocycles. The molecule has 1 fully saturated rings. The Balaban J connectivity index is 0.00000261. The molecule has 0 amide bonds. The molecule has 0 radical (unpaired) electrons. The SMILES string of the molecule is Cl.O=S(=O)(NC(CN1CCOCC1)c1ccccc1)c1cc(Cl)ccc1Cl. The highest BCUT2D eigenvalue weighted by Crippen LogP contribution is 2.27. The lowest BCUT2D eigenvalue weighted by Crippen LogP contribution is -2.43. The maximum atomic E-state index is 12.9. The monoisotopic (exact) mass is 450 g/mol. The third-order valence-electron chi connectivity index (χ3n) is 4.23. The molecule has 1 atom stereocenters. The van der Waals surface area contributed by atoms with Crippen molar-refractivity contribution in [3.05, 3.63) is 64.1 Å². The molecule has 0 saturated carbocycles. The first-order valence-electron chi connectivity index (χ1n) is 8.28. The molecular formula is C18H21Cl3N2O3S. The number of rotatable bonds is 6. The van der Waals surface area contributed by atoms with Crippen LogP contribution in [0.5, 0.6) is 0 Å². The maximum Gasteiger partial charge on any atom is 0.242 e. The van der Waals surface area contributed by atoms with Crippen molar-refractivity contribution in [2.45, 2.75) is 10.9 Å². The van der Waals surface area contributed by atoms with Gasteiger partial charge < -0.3 is 4.74 Å². The minimum Gasteiger partial charge on any atom is -0.379 e. The lowest BCUT2D eigenvalue weighted by atomic mass is 10.1. The molecule has 0 bridgehead atoms. The molecule has 2 aromatic rings. The van der Waals surface area contributed by atoms with Crippen LogP contribution in [0.1, 0.15) is 11.6 Å². The average molecular weight is 452 g/mol. The molecule has 148 valence electrons. The van der Waals surface area contributed by atoms with Crippen molar-refractivity contribution in [3.8, 4) is 0 Å². The van der Waals surface area contributed by atoms with Crippen LogP contribution in [0.25, 0.3) is 0 Å². The second-order valence-electron chi connectivity index (χ2n) is 6.07. The van der Waals surface area contributed by atoms with Crippen molar-refractivity contribution in [2.24, 2.45) is 0 Å². The summed E-state index contributed by atoms with van der Waals surface area (Å²) in [6, 6.07) is 13.5. The van der Waals surface area contributed by atoms with Crippen molar-refractivity contribution < 1.29 is 13.2 Å². The molecule has 5 nitrogen and oxygen atoms in total. The number of hydrogen-bond donors (Lipinski definition) is 1. The van der Waals surface area contributed by atoms with Gasteiger partial charge >= 0.3 is 0 Å². The lowest BCUT2D eigenvalue weighted by molar-refractivity contribution is 0.0345. The molecule has 1 unspecified atom stereocenters. The van der Waals surface area contributed by atoms with E-state index in [2.05, 4.69) is 9.62 Å². The Morgan fingerprint density at radius 1 is 1.07 bits per heavy atom. The first kappa shape index (κ1) is 22.4. The van der Waals surface area contributed by atoms with Gasteiger partial charge in [0.25, 0.3) is 0 Å². The van der Waals surface area contributed by atoms with Gasteiger partial charge in [0.15, 0.2) is 0 Å². The van der Waals surface area contributed by atoms with Crippen LogP contribution >= 0.6 is 35.6 Å². The topological polar surface area (TPSA) is 58.6 Å². The number of benzene rings is 2. The van der Waals surface area contributed by atoms with Crippen LogP contribution in [0.2, 0.25) is 10.0 Å².